The van der Waals surface area contributed by atoms with Crippen LogP contribution in [0.5, 0.6) is 0 Å². The van der Waals surface area contributed by atoms with Crippen molar-refractivity contribution in [3.63, 3.8) is 0 Å². The second kappa shape index (κ2) is 5.15. The van der Waals surface area contributed by atoms with Crippen LogP contribution in [0.3, 0.4) is 0 Å². The van der Waals surface area contributed by atoms with Crippen LogP contribution in [0.25, 0.3) is 0 Å². The first-order chi connectivity index (χ1) is 10.4. The Morgan fingerprint density at radius 3 is 2.45 bits per heavy atom. The van der Waals surface area contributed by atoms with E-state index in [0.717, 1.165) is 10.4 Å². The molecule has 1 saturated heterocycles. The van der Waals surface area contributed by atoms with Crippen LogP contribution in [0.1, 0.15) is 11.6 Å². The number of nitrogens with zero attached hydrogens (tertiary/aromatic N) is 2. The molecule has 8 heteroatoms. The van der Waals surface area contributed by atoms with Crippen molar-refractivity contribution in [3.8, 4) is 0 Å². The molecule has 2 atom stereocenters. The van der Waals surface area contributed by atoms with Gasteiger partial charge >= 0.3 is 0 Å². The summed E-state index contributed by atoms with van der Waals surface area (Å²) in [6.07, 6.45) is 0. The first-order valence-electron chi connectivity index (χ1n) is 6.42. The molecule has 1 fully saturated rings. The number of halogens is 1. The molecule has 6 nitrogen and oxygen atoms in total. The van der Waals surface area contributed by atoms with E-state index in [4.69, 9.17) is 0 Å². The van der Waals surface area contributed by atoms with Gasteiger partial charge in [0.1, 0.15) is 5.82 Å². The fourth-order valence-corrected chi connectivity index (χ4v) is 4.04. The molecule has 1 aliphatic rings. The Balaban J connectivity index is 1.97. The lowest BCUT2D eigenvalue weighted by molar-refractivity contribution is -0.387. The maximum atomic E-state index is 13.7. The molecule has 0 radical (unpaired) electrons. The van der Waals surface area contributed by atoms with E-state index in [1.807, 2.05) is 0 Å². The van der Waals surface area contributed by atoms with E-state index in [2.05, 4.69) is 0 Å². The van der Waals surface area contributed by atoms with E-state index in [1.165, 1.54) is 36.4 Å². The summed E-state index contributed by atoms with van der Waals surface area (Å²) < 4.78 is 39.8. The Kier molecular flexibility index (Phi) is 3.42. The van der Waals surface area contributed by atoms with Crippen LogP contribution in [0.15, 0.2) is 53.4 Å². The molecule has 0 spiro atoms. The molecule has 0 aliphatic carbocycles. The van der Waals surface area contributed by atoms with Gasteiger partial charge in [-0.15, -0.1) is 0 Å². The second-order valence-corrected chi connectivity index (χ2v) is 6.70. The molecule has 2 aromatic carbocycles. The van der Waals surface area contributed by atoms with Gasteiger partial charge in [-0.05, 0) is 12.1 Å². The zero-order valence-corrected chi connectivity index (χ0v) is 12.0. The summed E-state index contributed by atoms with van der Waals surface area (Å²) in [5, 5.41) is 11.0. The fraction of sp³-hybridized carbons (Fsp3) is 0.143. The lowest BCUT2D eigenvalue weighted by Crippen LogP contribution is -2.14. The zero-order valence-electron chi connectivity index (χ0n) is 11.2. The maximum Gasteiger partial charge on any atom is 0.289 e. The van der Waals surface area contributed by atoms with Crippen molar-refractivity contribution in [2.24, 2.45) is 0 Å². The van der Waals surface area contributed by atoms with E-state index < -0.39 is 32.5 Å². The quantitative estimate of drug-likeness (QED) is 0.492. The number of hydrogen-bond donors (Lipinski definition) is 0. The van der Waals surface area contributed by atoms with Crippen molar-refractivity contribution in [2.45, 2.75) is 10.9 Å². The van der Waals surface area contributed by atoms with Crippen molar-refractivity contribution in [1.82, 2.24) is 4.31 Å². The van der Waals surface area contributed by atoms with Gasteiger partial charge in [-0.25, -0.2) is 12.8 Å². The van der Waals surface area contributed by atoms with Gasteiger partial charge in [-0.2, -0.15) is 4.31 Å². The summed E-state index contributed by atoms with van der Waals surface area (Å²) >= 11 is 0. The minimum atomic E-state index is -4.03. The molecule has 1 unspecified atom stereocenters. The second-order valence-electron chi connectivity index (χ2n) is 4.84. The van der Waals surface area contributed by atoms with Crippen LogP contribution in [0.2, 0.25) is 0 Å². The minimum absolute atomic E-state index is 0.106. The predicted octanol–water partition coefficient (Wildman–Crippen LogP) is 2.48. The average Bonchev–Trinajstić information content (AvgIpc) is 3.29. The van der Waals surface area contributed by atoms with Crippen LogP contribution in [0, 0.1) is 15.9 Å². The summed E-state index contributed by atoms with van der Waals surface area (Å²) in [6, 6.07) is 10.4. The van der Waals surface area contributed by atoms with Crippen LogP contribution in [0.4, 0.5) is 10.1 Å². The molecule has 114 valence electrons. The molecular weight excluding hydrogens is 311 g/mol. The summed E-state index contributed by atoms with van der Waals surface area (Å²) in [5.74, 6) is -0.493. The van der Waals surface area contributed by atoms with E-state index in [1.54, 1.807) is 6.07 Å². The number of hydrogen-bond acceptors (Lipinski definition) is 4. The fourth-order valence-electron chi connectivity index (χ4n) is 2.34. The predicted molar refractivity (Wildman–Crippen MR) is 76.1 cm³/mol. The number of benzene rings is 2. The third-order valence-electron chi connectivity index (χ3n) is 3.48. The van der Waals surface area contributed by atoms with E-state index >= 15 is 0 Å². The average molecular weight is 322 g/mol. The molecule has 3 rings (SSSR count). The van der Waals surface area contributed by atoms with Crippen molar-refractivity contribution in [2.75, 3.05) is 6.54 Å². The molecule has 2 aromatic rings. The first-order valence-corrected chi connectivity index (χ1v) is 7.86. The monoisotopic (exact) mass is 322 g/mol. The van der Waals surface area contributed by atoms with E-state index in [0.29, 0.717) is 0 Å². The van der Waals surface area contributed by atoms with Gasteiger partial charge in [0, 0.05) is 18.2 Å². The summed E-state index contributed by atoms with van der Waals surface area (Å²) in [5.41, 5.74) is -0.216. The smallest absolute Gasteiger partial charge is 0.258 e. The highest BCUT2D eigenvalue weighted by atomic mass is 32.2. The standard InChI is InChI=1S/C14H11FN2O4S/c15-11-6-2-1-5-10(11)13-9-16(13)22(20,21)14-8-4-3-7-12(14)17(18)19/h1-8,13H,9H2/t13-,16?/m0/s1. The maximum absolute atomic E-state index is 13.7. The summed E-state index contributed by atoms with van der Waals surface area (Å²) in [7, 11) is -4.03. The number of rotatable bonds is 4. The molecule has 0 N–H and O–H groups in total. The molecule has 1 aliphatic heterocycles. The summed E-state index contributed by atoms with van der Waals surface area (Å²) in [4.78, 5) is 9.86. The van der Waals surface area contributed by atoms with Gasteiger partial charge in [-0.3, -0.25) is 10.1 Å². The molecule has 0 bridgehead atoms. The van der Waals surface area contributed by atoms with Crippen LogP contribution >= 0.6 is 0 Å². The first kappa shape index (κ1) is 14.6. The van der Waals surface area contributed by atoms with Gasteiger partial charge in [0.05, 0.1) is 11.0 Å². The van der Waals surface area contributed by atoms with Crippen molar-refractivity contribution < 1.29 is 17.7 Å². The van der Waals surface area contributed by atoms with Crippen molar-refractivity contribution in [3.05, 3.63) is 70.0 Å². The minimum Gasteiger partial charge on any atom is -0.258 e. The van der Waals surface area contributed by atoms with Crippen LogP contribution in [-0.2, 0) is 10.0 Å². The van der Waals surface area contributed by atoms with Gasteiger partial charge in [0.2, 0.25) is 0 Å². The van der Waals surface area contributed by atoms with E-state index in [-0.39, 0.29) is 17.0 Å². The van der Waals surface area contributed by atoms with Gasteiger partial charge in [0.15, 0.2) is 4.90 Å². The molecule has 1 heterocycles. The molecule has 0 aromatic heterocycles. The van der Waals surface area contributed by atoms with Crippen molar-refractivity contribution >= 4 is 15.7 Å². The van der Waals surface area contributed by atoms with Crippen LogP contribution in [-0.4, -0.2) is 24.2 Å². The lowest BCUT2D eigenvalue weighted by Gasteiger charge is -2.07. The normalized spacial score (nSPS) is 20.6. The van der Waals surface area contributed by atoms with Crippen LogP contribution < -0.4 is 0 Å². The van der Waals surface area contributed by atoms with Crippen molar-refractivity contribution in [1.29, 1.82) is 0 Å². The third-order valence-corrected chi connectivity index (χ3v) is 5.40. The number of nitro benzene ring substituents is 1. The topological polar surface area (TPSA) is 80.3 Å². The molecule has 0 saturated carbocycles. The highest BCUT2D eigenvalue weighted by molar-refractivity contribution is 7.89. The molecule has 22 heavy (non-hydrogen) atoms. The SMILES string of the molecule is O=[N+]([O-])c1ccccc1S(=O)(=O)N1C[C@H]1c1ccccc1F. The number of nitro groups is 1. The Hall–Kier alpha value is -2.32. The molecular formula is C14H11FN2O4S. The lowest BCUT2D eigenvalue weighted by atomic mass is 10.1. The third kappa shape index (κ3) is 2.36. The zero-order chi connectivity index (χ0) is 15.9. The Morgan fingerprint density at radius 1 is 1.14 bits per heavy atom. The van der Waals surface area contributed by atoms with Gasteiger partial charge in [0.25, 0.3) is 15.7 Å². The number of sulfonamides is 1. The largest absolute Gasteiger partial charge is 0.289 e. The summed E-state index contributed by atoms with van der Waals surface area (Å²) in [6.45, 7) is 0.106. The highest BCUT2D eigenvalue weighted by Crippen LogP contribution is 2.42. The number of para-hydroxylation sites is 1. The van der Waals surface area contributed by atoms with Gasteiger partial charge in [-0.1, -0.05) is 30.3 Å². The Morgan fingerprint density at radius 2 is 1.77 bits per heavy atom. The van der Waals surface area contributed by atoms with E-state index in [9.17, 15) is 22.9 Å². The Labute approximate surface area is 126 Å². The van der Waals surface area contributed by atoms with Gasteiger partial charge < -0.3 is 0 Å². The Bertz CT molecular complexity index is 853. The molecule has 0 amide bonds. The highest BCUT2D eigenvalue weighted by Gasteiger charge is 2.48.